The molecule has 0 spiro atoms. The van der Waals surface area contributed by atoms with Gasteiger partial charge in [-0.15, -0.1) is 0 Å². The normalized spacial score (nSPS) is 12.6. The van der Waals surface area contributed by atoms with E-state index in [0.717, 1.165) is 6.07 Å². The highest BCUT2D eigenvalue weighted by atomic mass is 19.4. The molecule has 0 fully saturated rings. The quantitative estimate of drug-likeness (QED) is 0.665. The molecule has 0 saturated heterocycles. The average molecular weight is 407 g/mol. The lowest BCUT2D eigenvalue weighted by Crippen LogP contribution is -2.19. The zero-order valence-corrected chi connectivity index (χ0v) is 15.6. The molecule has 0 aliphatic heterocycles. The van der Waals surface area contributed by atoms with Crippen molar-refractivity contribution in [3.8, 4) is 5.75 Å². The minimum Gasteiger partial charge on any atom is -0.484 e. The number of ether oxygens (including phenoxy) is 2. The lowest BCUT2D eigenvalue weighted by Gasteiger charge is -2.19. The average Bonchev–Trinajstić information content (AvgIpc) is 2.66. The van der Waals surface area contributed by atoms with Crippen LogP contribution in [0.2, 0.25) is 0 Å². The van der Waals surface area contributed by atoms with Crippen LogP contribution in [-0.4, -0.2) is 28.0 Å². The van der Waals surface area contributed by atoms with E-state index in [4.69, 9.17) is 4.74 Å². The van der Waals surface area contributed by atoms with E-state index in [0.29, 0.717) is 0 Å². The van der Waals surface area contributed by atoms with Crippen LogP contribution in [0.25, 0.3) is 11.0 Å². The van der Waals surface area contributed by atoms with Gasteiger partial charge in [0.05, 0.1) is 29.4 Å². The lowest BCUT2D eigenvalue weighted by atomic mass is 10.1. The summed E-state index contributed by atoms with van der Waals surface area (Å²) < 4.78 is 50.9. The molecule has 0 aliphatic carbocycles. The summed E-state index contributed by atoms with van der Waals surface area (Å²) >= 11 is 0. The van der Waals surface area contributed by atoms with Gasteiger partial charge in [0.2, 0.25) is 0 Å². The Morgan fingerprint density at radius 3 is 2.41 bits per heavy atom. The molecule has 0 saturated carbocycles. The third kappa shape index (κ3) is 4.20. The summed E-state index contributed by atoms with van der Waals surface area (Å²) in [5.74, 6) is -0.154. The van der Waals surface area contributed by atoms with E-state index in [1.54, 1.807) is 0 Å². The second-order valence-corrected chi connectivity index (χ2v) is 6.21. The van der Waals surface area contributed by atoms with E-state index in [9.17, 15) is 22.8 Å². The fraction of sp³-hybridized carbons (Fsp3) is 0.263. The van der Waals surface area contributed by atoms with Gasteiger partial charge in [0.15, 0.2) is 5.52 Å². The van der Waals surface area contributed by atoms with Crippen LogP contribution in [0.3, 0.4) is 0 Å². The third-order valence-electron chi connectivity index (χ3n) is 4.11. The van der Waals surface area contributed by atoms with Crippen LogP contribution in [0.15, 0.2) is 35.1 Å². The fourth-order valence-electron chi connectivity index (χ4n) is 2.79. The highest BCUT2D eigenvalue weighted by Crippen LogP contribution is 2.36. The second kappa shape index (κ2) is 7.53. The number of pyridine rings is 1. The molecule has 0 aliphatic rings. The van der Waals surface area contributed by atoms with Gasteiger partial charge in [-0.05, 0) is 44.2 Å². The molecule has 1 N–H and O–H groups in total. The summed E-state index contributed by atoms with van der Waals surface area (Å²) in [5.41, 5.74) is -2.23. The maximum Gasteiger partial charge on any atom is 0.418 e. The molecule has 0 amide bonds. The number of fused-ring (bicyclic) bond motifs is 1. The van der Waals surface area contributed by atoms with Gasteiger partial charge in [0, 0.05) is 0 Å². The Balaban J connectivity index is 2.03. The Bertz CT molecular complexity index is 1120. The second-order valence-electron chi connectivity index (χ2n) is 6.21. The molecule has 2 heterocycles. The number of benzene rings is 1. The van der Waals surface area contributed by atoms with Crippen molar-refractivity contribution in [3.05, 3.63) is 63.3 Å². The minimum atomic E-state index is -4.72. The van der Waals surface area contributed by atoms with Gasteiger partial charge in [-0.25, -0.2) is 14.8 Å². The van der Waals surface area contributed by atoms with Crippen LogP contribution in [0, 0.1) is 6.92 Å². The molecular weight excluding hydrogens is 391 g/mol. The highest BCUT2D eigenvalue weighted by Gasteiger charge is 2.37. The first-order valence-electron chi connectivity index (χ1n) is 8.44. The van der Waals surface area contributed by atoms with E-state index in [2.05, 4.69) is 19.7 Å². The number of rotatable bonds is 4. The Kier molecular flexibility index (Phi) is 5.27. The molecule has 1 atom stereocenters. The highest BCUT2D eigenvalue weighted by molar-refractivity contribution is 5.89. The van der Waals surface area contributed by atoms with Crippen LogP contribution in [0.1, 0.15) is 40.5 Å². The van der Waals surface area contributed by atoms with Crippen LogP contribution in [0.5, 0.6) is 5.75 Å². The number of nitrogens with one attached hydrogen (secondary N) is 1. The zero-order chi connectivity index (χ0) is 21.3. The van der Waals surface area contributed by atoms with Crippen molar-refractivity contribution in [2.45, 2.75) is 26.1 Å². The largest absolute Gasteiger partial charge is 0.484 e. The molecule has 0 unspecified atom stereocenters. The molecule has 152 valence electrons. The summed E-state index contributed by atoms with van der Waals surface area (Å²) in [5, 5.41) is 0. The Morgan fingerprint density at radius 1 is 1.17 bits per heavy atom. The zero-order valence-electron chi connectivity index (χ0n) is 15.6. The predicted molar refractivity (Wildman–Crippen MR) is 96.7 cm³/mol. The van der Waals surface area contributed by atoms with Crippen molar-refractivity contribution in [2.24, 2.45) is 0 Å². The van der Waals surface area contributed by atoms with Gasteiger partial charge in [-0.2, -0.15) is 13.2 Å². The van der Waals surface area contributed by atoms with E-state index in [1.165, 1.54) is 45.2 Å². The molecule has 3 aromatic rings. The number of aromatic nitrogens is 3. The number of nitrogens with zero attached hydrogens (tertiary/aromatic N) is 2. The van der Waals surface area contributed by atoms with E-state index in [1.807, 2.05) is 0 Å². The predicted octanol–water partition coefficient (Wildman–Crippen LogP) is 3.57. The summed E-state index contributed by atoms with van der Waals surface area (Å²) in [6.45, 7) is 2.85. The first-order valence-corrected chi connectivity index (χ1v) is 8.44. The maximum atomic E-state index is 13.6. The topological polar surface area (TPSA) is 94.2 Å². The third-order valence-corrected chi connectivity index (χ3v) is 4.11. The van der Waals surface area contributed by atoms with Crippen LogP contribution in [0.4, 0.5) is 13.2 Å². The molecule has 1 aromatic carbocycles. The maximum absolute atomic E-state index is 13.6. The van der Waals surface area contributed by atoms with E-state index in [-0.39, 0.29) is 28.2 Å². The number of hydrogen-bond donors (Lipinski definition) is 1. The van der Waals surface area contributed by atoms with Crippen molar-refractivity contribution in [2.75, 3.05) is 7.11 Å². The van der Waals surface area contributed by atoms with Crippen molar-refractivity contribution in [1.82, 2.24) is 15.0 Å². The molecule has 0 bridgehead atoms. The Labute approximate surface area is 162 Å². The van der Waals surface area contributed by atoms with E-state index >= 15 is 0 Å². The molecule has 7 nitrogen and oxygen atoms in total. The van der Waals surface area contributed by atoms with Crippen molar-refractivity contribution in [1.29, 1.82) is 0 Å². The number of carbonyl (C=O) groups excluding carboxylic acids is 1. The van der Waals surface area contributed by atoms with Crippen molar-refractivity contribution < 1.29 is 27.4 Å². The minimum absolute atomic E-state index is 0.156. The number of H-pyrrole nitrogens is 1. The van der Waals surface area contributed by atoms with Gasteiger partial charge >= 0.3 is 12.1 Å². The van der Waals surface area contributed by atoms with E-state index < -0.39 is 35.1 Å². The number of aryl methyl sites for hydroxylation is 1. The van der Waals surface area contributed by atoms with Gasteiger partial charge in [0.25, 0.3) is 5.56 Å². The standard InChI is InChI=1S/C19H16F3N3O4/c1-9(29-12-6-4-11(5-7-12)18(27)28-3)15-13(19(20,21)22)8-14-16(25-15)17(26)24-10(2)23-14/h4-9H,1-3H3,(H,23,24,26)/t9-/m0/s1. The number of hydrogen-bond acceptors (Lipinski definition) is 6. The number of methoxy groups -OCH3 is 1. The smallest absolute Gasteiger partial charge is 0.418 e. The van der Waals surface area contributed by atoms with Crippen LogP contribution < -0.4 is 10.3 Å². The van der Waals surface area contributed by atoms with Crippen LogP contribution >= 0.6 is 0 Å². The first kappa shape index (κ1) is 20.3. The summed E-state index contributed by atoms with van der Waals surface area (Å²) in [6.07, 6.45) is -5.86. The molecule has 2 aromatic heterocycles. The Morgan fingerprint density at radius 2 is 1.83 bits per heavy atom. The molecule has 0 radical (unpaired) electrons. The van der Waals surface area contributed by atoms with Gasteiger partial charge in [-0.1, -0.05) is 0 Å². The van der Waals surface area contributed by atoms with Crippen molar-refractivity contribution in [3.63, 3.8) is 0 Å². The summed E-state index contributed by atoms with van der Waals surface area (Å²) in [7, 11) is 1.23. The molecule has 3 rings (SSSR count). The molecule has 10 heteroatoms. The number of alkyl halides is 3. The van der Waals surface area contributed by atoms with Gasteiger partial charge in [-0.3, -0.25) is 4.79 Å². The number of esters is 1. The number of aromatic amines is 1. The molecular formula is C19H16F3N3O4. The first-order chi connectivity index (χ1) is 13.6. The monoisotopic (exact) mass is 407 g/mol. The Hall–Kier alpha value is -3.43. The van der Waals surface area contributed by atoms with Crippen LogP contribution in [-0.2, 0) is 10.9 Å². The SMILES string of the molecule is COC(=O)c1ccc(O[C@@H](C)c2nc3c(=O)[nH]c(C)nc3cc2C(F)(F)F)cc1. The van der Waals surface area contributed by atoms with Gasteiger partial charge < -0.3 is 14.5 Å². The summed E-state index contributed by atoms with van der Waals surface area (Å²) in [4.78, 5) is 33.8. The van der Waals surface area contributed by atoms with Gasteiger partial charge in [0.1, 0.15) is 17.7 Å². The number of carbonyl (C=O) groups is 1. The lowest BCUT2D eigenvalue weighted by molar-refractivity contribution is -0.139. The summed E-state index contributed by atoms with van der Waals surface area (Å²) in [6, 6.07) is 6.48. The van der Waals surface area contributed by atoms with Crippen molar-refractivity contribution >= 4 is 17.0 Å². The fourth-order valence-corrected chi connectivity index (χ4v) is 2.79. The molecule has 29 heavy (non-hydrogen) atoms. The number of halogens is 3.